The lowest BCUT2D eigenvalue weighted by Gasteiger charge is -2.29. The predicted octanol–water partition coefficient (Wildman–Crippen LogP) is 1.44. The Morgan fingerprint density at radius 2 is 2.07 bits per heavy atom. The van der Waals surface area contributed by atoms with E-state index >= 15 is 0 Å². The van der Waals surface area contributed by atoms with Crippen molar-refractivity contribution in [1.82, 2.24) is 10.2 Å². The van der Waals surface area contributed by atoms with Crippen LogP contribution in [0.1, 0.15) is 13.3 Å². The fourth-order valence-corrected chi connectivity index (χ4v) is 1.60. The average molecular weight is 207 g/mol. The molecule has 1 aliphatic rings. The summed E-state index contributed by atoms with van der Waals surface area (Å²) in [6.45, 7) is 10.4. The van der Waals surface area contributed by atoms with Gasteiger partial charge in [0.1, 0.15) is 0 Å². The molecule has 0 saturated carbocycles. The number of hydrogen-bond donors (Lipinski definition) is 1. The molecule has 1 rings (SSSR count). The molecule has 1 saturated heterocycles. The molecule has 1 heterocycles. The van der Waals surface area contributed by atoms with E-state index in [4.69, 9.17) is 0 Å². The van der Waals surface area contributed by atoms with E-state index < -0.39 is 0 Å². The van der Waals surface area contributed by atoms with Crippen molar-refractivity contribution in [2.75, 3.05) is 33.2 Å². The zero-order valence-corrected chi connectivity index (χ0v) is 9.79. The Labute approximate surface area is 92.6 Å². The summed E-state index contributed by atoms with van der Waals surface area (Å²) in [5.41, 5.74) is 2.21. The summed E-state index contributed by atoms with van der Waals surface area (Å²) < 4.78 is 0. The fraction of sp³-hybridized carbons (Fsp3) is 0.583. The average Bonchev–Trinajstić information content (AvgIpc) is 2.31. The topological polar surface area (TPSA) is 27.6 Å². The first-order valence-corrected chi connectivity index (χ1v) is 5.56. The molecule has 1 aliphatic heterocycles. The zero-order valence-electron chi connectivity index (χ0n) is 9.79. The highest BCUT2D eigenvalue weighted by Crippen LogP contribution is 2.05. The third-order valence-electron chi connectivity index (χ3n) is 2.64. The van der Waals surface area contributed by atoms with E-state index in [0.29, 0.717) is 0 Å². The van der Waals surface area contributed by atoms with E-state index in [1.54, 1.807) is 0 Å². The third kappa shape index (κ3) is 3.88. The third-order valence-corrected chi connectivity index (χ3v) is 2.64. The molecule has 0 spiro atoms. The van der Waals surface area contributed by atoms with Crippen LogP contribution in [0.3, 0.4) is 0 Å². The highest BCUT2D eigenvalue weighted by Gasteiger charge is 2.08. The SMILES string of the molecule is C=C(/C=C\C(CC)=N/C)N1CCNCC1. The van der Waals surface area contributed by atoms with E-state index in [2.05, 4.69) is 40.9 Å². The number of rotatable bonds is 4. The summed E-state index contributed by atoms with van der Waals surface area (Å²) in [6.07, 6.45) is 5.10. The molecule has 15 heavy (non-hydrogen) atoms. The number of hydrogen-bond acceptors (Lipinski definition) is 3. The summed E-state index contributed by atoms with van der Waals surface area (Å²) in [5.74, 6) is 0. The maximum atomic E-state index is 4.18. The maximum Gasteiger partial charge on any atom is 0.0342 e. The second kappa shape index (κ2) is 6.40. The lowest BCUT2D eigenvalue weighted by Crippen LogP contribution is -2.42. The van der Waals surface area contributed by atoms with Crippen molar-refractivity contribution in [3.05, 3.63) is 24.4 Å². The molecular formula is C12H21N3. The standard InChI is InChI=1S/C12H21N3/c1-4-12(13-3)6-5-11(2)15-9-7-14-8-10-15/h5-6,14H,2,4,7-10H2,1,3H3/b6-5-,13-12-. The number of nitrogens with zero attached hydrogens (tertiary/aromatic N) is 2. The Kier molecular flexibility index (Phi) is 5.12. The quantitative estimate of drug-likeness (QED) is 0.558. The van der Waals surface area contributed by atoms with Gasteiger partial charge in [-0.15, -0.1) is 0 Å². The number of aliphatic imine (C=N–C) groups is 1. The molecule has 3 nitrogen and oxygen atoms in total. The van der Waals surface area contributed by atoms with E-state index in [-0.39, 0.29) is 0 Å². The van der Waals surface area contributed by atoms with Crippen molar-refractivity contribution in [3.8, 4) is 0 Å². The van der Waals surface area contributed by atoms with Crippen molar-refractivity contribution in [3.63, 3.8) is 0 Å². The van der Waals surface area contributed by atoms with Crippen LogP contribution < -0.4 is 5.32 Å². The molecule has 0 aromatic heterocycles. The Balaban J connectivity index is 2.46. The molecular weight excluding hydrogens is 186 g/mol. The Hall–Kier alpha value is -1.09. The summed E-state index contributed by atoms with van der Waals surface area (Å²) in [4.78, 5) is 6.48. The molecule has 0 atom stereocenters. The van der Waals surface area contributed by atoms with Crippen LogP contribution in [0, 0.1) is 0 Å². The van der Waals surface area contributed by atoms with Gasteiger partial charge in [0, 0.05) is 44.6 Å². The molecule has 0 aliphatic carbocycles. The number of piperazine rings is 1. The largest absolute Gasteiger partial charge is 0.369 e. The second-order valence-corrected chi connectivity index (χ2v) is 3.63. The fourth-order valence-electron chi connectivity index (χ4n) is 1.60. The van der Waals surface area contributed by atoms with Gasteiger partial charge in [0.2, 0.25) is 0 Å². The molecule has 0 amide bonds. The van der Waals surface area contributed by atoms with Crippen LogP contribution in [0.4, 0.5) is 0 Å². The molecule has 84 valence electrons. The van der Waals surface area contributed by atoms with Crippen LogP contribution >= 0.6 is 0 Å². The van der Waals surface area contributed by atoms with Crippen molar-refractivity contribution >= 4 is 5.71 Å². The molecule has 0 aromatic carbocycles. The minimum Gasteiger partial charge on any atom is -0.369 e. The molecule has 0 unspecified atom stereocenters. The van der Waals surface area contributed by atoms with Crippen LogP contribution in [-0.4, -0.2) is 43.8 Å². The highest BCUT2D eigenvalue weighted by molar-refractivity contribution is 5.94. The zero-order chi connectivity index (χ0) is 11.1. The minimum atomic E-state index is 0.974. The van der Waals surface area contributed by atoms with Gasteiger partial charge in [0.25, 0.3) is 0 Å². The molecule has 3 heteroatoms. The first-order chi connectivity index (χ1) is 7.27. The first-order valence-electron chi connectivity index (χ1n) is 5.56. The summed E-state index contributed by atoms with van der Waals surface area (Å²) in [6, 6.07) is 0. The van der Waals surface area contributed by atoms with Gasteiger partial charge in [-0.05, 0) is 18.6 Å². The van der Waals surface area contributed by atoms with Crippen LogP contribution in [0.5, 0.6) is 0 Å². The van der Waals surface area contributed by atoms with Gasteiger partial charge in [-0.2, -0.15) is 0 Å². The minimum absolute atomic E-state index is 0.974. The van der Waals surface area contributed by atoms with Crippen LogP contribution in [-0.2, 0) is 0 Å². The molecule has 1 N–H and O–H groups in total. The number of nitrogens with one attached hydrogen (secondary N) is 1. The van der Waals surface area contributed by atoms with Gasteiger partial charge in [-0.3, -0.25) is 4.99 Å². The lowest BCUT2D eigenvalue weighted by atomic mass is 10.2. The summed E-state index contributed by atoms with van der Waals surface area (Å²) in [5, 5.41) is 3.33. The van der Waals surface area contributed by atoms with Crippen molar-refractivity contribution < 1.29 is 0 Å². The smallest absolute Gasteiger partial charge is 0.0342 e. The van der Waals surface area contributed by atoms with Gasteiger partial charge >= 0.3 is 0 Å². The van der Waals surface area contributed by atoms with E-state index in [1.807, 2.05) is 7.05 Å². The van der Waals surface area contributed by atoms with E-state index in [0.717, 1.165) is 44.0 Å². The van der Waals surface area contributed by atoms with Gasteiger partial charge in [-0.1, -0.05) is 13.5 Å². The Morgan fingerprint density at radius 3 is 2.60 bits per heavy atom. The van der Waals surface area contributed by atoms with Crippen LogP contribution in [0.2, 0.25) is 0 Å². The van der Waals surface area contributed by atoms with Crippen molar-refractivity contribution in [2.24, 2.45) is 4.99 Å². The first kappa shape index (κ1) is 12.0. The molecule has 0 aromatic rings. The molecule has 0 radical (unpaired) electrons. The van der Waals surface area contributed by atoms with E-state index in [9.17, 15) is 0 Å². The van der Waals surface area contributed by atoms with Crippen LogP contribution in [0.15, 0.2) is 29.4 Å². The van der Waals surface area contributed by atoms with Gasteiger partial charge < -0.3 is 10.2 Å². The van der Waals surface area contributed by atoms with Crippen molar-refractivity contribution in [2.45, 2.75) is 13.3 Å². The lowest BCUT2D eigenvalue weighted by molar-refractivity contribution is 0.308. The van der Waals surface area contributed by atoms with Crippen molar-refractivity contribution in [1.29, 1.82) is 0 Å². The number of allylic oxidation sites excluding steroid dienone is 2. The van der Waals surface area contributed by atoms with Gasteiger partial charge in [0.15, 0.2) is 0 Å². The highest BCUT2D eigenvalue weighted by atomic mass is 15.2. The Bertz CT molecular complexity index is 260. The monoisotopic (exact) mass is 207 g/mol. The second-order valence-electron chi connectivity index (χ2n) is 3.63. The normalized spacial score (nSPS) is 18.5. The predicted molar refractivity (Wildman–Crippen MR) is 66.4 cm³/mol. The summed E-state index contributed by atoms with van der Waals surface area (Å²) >= 11 is 0. The van der Waals surface area contributed by atoms with E-state index in [1.165, 1.54) is 0 Å². The molecule has 0 bridgehead atoms. The summed E-state index contributed by atoms with van der Waals surface area (Å²) in [7, 11) is 1.83. The van der Waals surface area contributed by atoms with Crippen LogP contribution in [0.25, 0.3) is 0 Å². The van der Waals surface area contributed by atoms with Gasteiger partial charge in [0.05, 0.1) is 0 Å². The maximum absolute atomic E-state index is 4.18. The molecule has 1 fully saturated rings. The van der Waals surface area contributed by atoms with Gasteiger partial charge in [-0.25, -0.2) is 0 Å². The Morgan fingerprint density at radius 1 is 1.40 bits per heavy atom.